The fourth-order valence-electron chi connectivity index (χ4n) is 8.90. The lowest BCUT2D eigenvalue weighted by atomic mass is 9.97. The molecule has 0 spiro atoms. The van der Waals surface area contributed by atoms with Crippen LogP contribution < -0.4 is 10.6 Å². The Kier molecular flexibility index (Phi) is 7.24. The average Bonchev–Trinajstić information content (AvgIpc) is 3.96. The van der Waals surface area contributed by atoms with Crippen LogP contribution in [-0.2, 0) is 0 Å². The molecule has 0 aliphatic carbocycles. The van der Waals surface area contributed by atoms with E-state index in [1.165, 1.54) is 58.8 Å². The van der Waals surface area contributed by atoms with E-state index in [0.717, 1.165) is 44.5 Å². The van der Waals surface area contributed by atoms with Crippen molar-refractivity contribution in [3.63, 3.8) is 0 Å². The fourth-order valence-corrected chi connectivity index (χ4v) is 10.2. The summed E-state index contributed by atoms with van der Waals surface area (Å²) >= 11 is 1.88. The van der Waals surface area contributed by atoms with Gasteiger partial charge >= 0.3 is 0 Å². The van der Waals surface area contributed by atoms with Crippen LogP contribution in [0.5, 0.6) is 0 Å². The van der Waals surface area contributed by atoms with Crippen molar-refractivity contribution in [1.29, 1.82) is 0 Å². The molecule has 0 bridgehead atoms. The Bertz CT molecular complexity index is 3320. The van der Waals surface area contributed by atoms with Gasteiger partial charge in [-0.2, -0.15) is 0 Å². The zero-order valence-corrected chi connectivity index (χ0v) is 31.5. The fraction of sp³-hybridized carbons (Fsp3) is 0.0392. The van der Waals surface area contributed by atoms with Crippen LogP contribution >= 0.6 is 11.3 Å². The average molecular weight is 751 g/mol. The second kappa shape index (κ2) is 12.8. The molecule has 2 unspecified atom stereocenters. The van der Waals surface area contributed by atoms with Crippen molar-refractivity contribution in [3.05, 3.63) is 199 Å². The van der Waals surface area contributed by atoms with Crippen LogP contribution in [0.25, 0.3) is 80.7 Å². The first kappa shape index (κ1) is 32.3. The number of fused-ring (bicyclic) bond motifs is 9. The molecule has 3 aromatic heterocycles. The Morgan fingerprint density at radius 2 is 1.16 bits per heavy atom. The molecular weight excluding hydrogens is 717 g/mol. The number of aromatic nitrogens is 1. The van der Waals surface area contributed by atoms with E-state index < -0.39 is 0 Å². The first-order valence-corrected chi connectivity index (χ1v) is 20.2. The molecule has 1 aliphatic rings. The van der Waals surface area contributed by atoms with Crippen LogP contribution in [0.15, 0.2) is 191 Å². The van der Waals surface area contributed by atoms with Crippen LogP contribution in [0.3, 0.4) is 0 Å². The van der Waals surface area contributed by atoms with Gasteiger partial charge in [0.05, 0.1) is 21.4 Å². The summed E-state index contributed by atoms with van der Waals surface area (Å²) in [5.41, 5.74) is 11.0. The molecule has 4 heterocycles. The Morgan fingerprint density at radius 3 is 1.95 bits per heavy atom. The molecule has 57 heavy (non-hydrogen) atoms. The normalized spacial score (nSPS) is 15.9. The van der Waals surface area contributed by atoms with E-state index in [9.17, 15) is 0 Å². The van der Waals surface area contributed by atoms with Gasteiger partial charge in [-0.15, -0.1) is 11.3 Å². The minimum atomic E-state index is -0.278. The van der Waals surface area contributed by atoms with Crippen LogP contribution in [0.2, 0.25) is 0 Å². The summed E-state index contributed by atoms with van der Waals surface area (Å²) in [5, 5.41) is 14.7. The number of thiophene rings is 1. The van der Waals surface area contributed by atoms with Gasteiger partial charge in [-0.1, -0.05) is 152 Å². The highest BCUT2D eigenvalue weighted by Crippen LogP contribution is 2.46. The van der Waals surface area contributed by atoms with Gasteiger partial charge in [-0.05, 0) is 47.0 Å². The van der Waals surface area contributed by atoms with E-state index in [1.807, 2.05) is 23.5 Å². The van der Waals surface area contributed by atoms with E-state index in [1.54, 1.807) is 0 Å². The molecule has 12 rings (SSSR count). The van der Waals surface area contributed by atoms with Crippen molar-refractivity contribution in [2.24, 2.45) is 4.99 Å². The van der Waals surface area contributed by atoms with Gasteiger partial charge in [0.25, 0.3) is 0 Å². The molecule has 5 nitrogen and oxygen atoms in total. The monoisotopic (exact) mass is 750 g/mol. The lowest BCUT2D eigenvalue weighted by Gasteiger charge is -2.32. The maximum absolute atomic E-state index is 6.70. The Morgan fingerprint density at radius 1 is 0.509 bits per heavy atom. The van der Waals surface area contributed by atoms with E-state index >= 15 is 0 Å². The summed E-state index contributed by atoms with van der Waals surface area (Å²) in [6.07, 6.45) is -0.390. The molecule has 0 fully saturated rings. The zero-order chi connectivity index (χ0) is 37.5. The number of nitrogens with zero attached hydrogens (tertiary/aromatic N) is 2. The molecule has 0 saturated carbocycles. The molecular formula is C51H34N4OS. The Labute approximate surface area is 332 Å². The number of benzene rings is 8. The number of hydrogen-bond acceptors (Lipinski definition) is 5. The zero-order valence-electron chi connectivity index (χ0n) is 30.7. The number of aliphatic imine (C=N–C) groups is 1. The maximum Gasteiger partial charge on any atom is 0.136 e. The Hall–Kier alpha value is -6.99. The maximum atomic E-state index is 6.70. The third kappa shape index (κ3) is 5.08. The van der Waals surface area contributed by atoms with Gasteiger partial charge in [-0.3, -0.25) is 5.32 Å². The first-order chi connectivity index (χ1) is 28.3. The first-order valence-electron chi connectivity index (χ1n) is 19.4. The molecule has 6 heteroatoms. The molecule has 1 aliphatic heterocycles. The summed E-state index contributed by atoms with van der Waals surface area (Å²) < 4.78 is 11.7. The van der Waals surface area contributed by atoms with Gasteiger partial charge in [0.1, 0.15) is 29.3 Å². The molecule has 270 valence electrons. The standard InChI is InChI=1S/C51H34N4OS/c1-3-14-31(15-4-1)49-52-50(32-16-5-2-6-17-32)54-51(53-49)33-28-29-40-45(30-33)56-44-27-13-20-36(46(40)44)37-21-11-22-38-39-23-12-26-43(48(39)57-47(37)38)55-41-24-9-7-18-34(41)35-19-8-10-25-42(35)55/h1-30,49,51,53H,(H,52,54). The molecule has 11 aromatic rings. The highest BCUT2D eigenvalue weighted by Gasteiger charge is 2.26. The number of amidine groups is 1. The smallest absolute Gasteiger partial charge is 0.136 e. The summed E-state index contributed by atoms with van der Waals surface area (Å²) in [7, 11) is 0. The minimum Gasteiger partial charge on any atom is -0.456 e. The van der Waals surface area contributed by atoms with Gasteiger partial charge in [0, 0.05) is 48.1 Å². The van der Waals surface area contributed by atoms with E-state index in [2.05, 4.69) is 185 Å². The molecule has 0 saturated heterocycles. The summed E-state index contributed by atoms with van der Waals surface area (Å²) in [4.78, 5) is 5.19. The molecule has 0 amide bonds. The highest BCUT2D eigenvalue weighted by molar-refractivity contribution is 7.26. The van der Waals surface area contributed by atoms with Crippen LogP contribution in [0.4, 0.5) is 0 Å². The largest absolute Gasteiger partial charge is 0.456 e. The number of furan rings is 1. The minimum absolute atomic E-state index is 0.112. The summed E-state index contributed by atoms with van der Waals surface area (Å²) in [6, 6.07) is 64.8. The lowest BCUT2D eigenvalue weighted by molar-refractivity contribution is 0.409. The van der Waals surface area contributed by atoms with Crippen molar-refractivity contribution in [2.75, 3.05) is 0 Å². The number of rotatable bonds is 5. The third-order valence-electron chi connectivity index (χ3n) is 11.5. The predicted molar refractivity (Wildman–Crippen MR) is 238 cm³/mol. The topological polar surface area (TPSA) is 54.5 Å². The molecule has 2 N–H and O–H groups in total. The number of para-hydroxylation sites is 2. The third-order valence-corrected chi connectivity index (χ3v) is 12.8. The highest BCUT2D eigenvalue weighted by atomic mass is 32.1. The van der Waals surface area contributed by atoms with E-state index in [0.29, 0.717) is 0 Å². The quantitative estimate of drug-likeness (QED) is 0.184. The predicted octanol–water partition coefficient (Wildman–Crippen LogP) is 13.1. The second-order valence-electron chi connectivity index (χ2n) is 14.7. The lowest BCUT2D eigenvalue weighted by Crippen LogP contribution is -2.44. The van der Waals surface area contributed by atoms with Crippen LogP contribution in [0, 0.1) is 0 Å². The molecule has 8 aromatic carbocycles. The van der Waals surface area contributed by atoms with E-state index in [4.69, 9.17) is 9.41 Å². The van der Waals surface area contributed by atoms with Crippen molar-refractivity contribution >= 4 is 81.1 Å². The second-order valence-corrected chi connectivity index (χ2v) is 15.8. The summed E-state index contributed by atoms with van der Waals surface area (Å²) in [5.74, 6) is 0.859. The van der Waals surface area contributed by atoms with Crippen molar-refractivity contribution in [3.8, 4) is 16.8 Å². The van der Waals surface area contributed by atoms with Gasteiger partial charge in [0.2, 0.25) is 0 Å². The van der Waals surface area contributed by atoms with E-state index in [-0.39, 0.29) is 12.3 Å². The van der Waals surface area contributed by atoms with Gasteiger partial charge in [0.15, 0.2) is 0 Å². The van der Waals surface area contributed by atoms with Crippen molar-refractivity contribution in [2.45, 2.75) is 12.3 Å². The van der Waals surface area contributed by atoms with Gasteiger partial charge in [-0.25, -0.2) is 4.99 Å². The molecule has 0 radical (unpaired) electrons. The SMILES string of the molecule is c1ccc(C2=NC(c3ccc4c(c3)oc3cccc(-c5cccc6c5sc5c(-n7c8ccccc8c8ccccc87)cccc56)c34)NC(c3ccccc3)N2)cc1. The van der Waals surface area contributed by atoms with Crippen LogP contribution in [0.1, 0.15) is 29.0 Å². The van der Waals surface area contributed by atoms with Crippen molar-refractivity contribution < 1.29 is 4.42 Å². The Balaban J connectivity index is 1.00. The summed E-state index contributed by atoms with van der Waals surface area (Å²) in [6.45, 7) is 0. The van der Waals surface area contributed by atoms with Crippen molar-refractivity contribution in [1.82, 2.24) is 15.2 Å². The van der Waals surface area contributed by atoms with Gasteiger partial charge < -0.3 is 14.3 Å². The molecule has 2 atom stereocenters. The van der Waals surface area contributed by atoms with Crippen LogP contribution in [-0.4, -0.2) is 10.4 Å². The number of nitrogens with one attached hydrogen (secondary N) is 2. The number of hydrogen-bond donors (Lipinski definition) is 2.